The molecule has 0 radical (unpaired) electrons. The van der Waals surface area contributed by atoms with E-state index in [1.807, 2.05) is 38.1 Å². The first kappa shape index (κ1) is 20.8. The summed E-state index contributed by atoms with van der Waals surface area (Å²) in [4.78, 5) is 15.0. The van der Waals surface area contributed by atoms with Gasteiger partial charge in [0.05, 0.1) is 19.8 Å². The molecule has 0 bridgehead atoms. The number of nitrogens with zero attached hydrogens (tertiary/aromatic N) is 1. The van der Waals surface area contributed by atoms with Crippen molar-refractivity contribution in [1.82, 2.24) is 4.90 Å². The molecule has 7 nitrogen and oxygen atoms in total. The van der Waals surface area contributed by atoms with Crippen molar-refractivity contribution in [2.45, 2.75) is 26.3 Å². The third-order valence-corrected chi connectivity index (χ3v) is 5.16. The summed E-state index contributed by atoms with van der Waals surface area (Å²) in [6.07, 6.45) is 0.461. The van der Waals surface area contributed by atoms with Gasteiger partial charge in [-0.1, -0.05) is 12.1 Å². The lowest BCUT2D eigenvalue weighted by molar-refractivity contribution is 0.0767. The van der Waals surface area contributed by atoms with Gasteiger partial charge in [0.1, 0.15) is 0 Å². The first-order chi connectivity index (χ1) is 14.0. The van der Waals surface area contributed by atoms with E-state index in [1.165, 1.54) is 0 Å². The molecule has 0 spiro atoms. The van der Waals surface area contributed by atoms with Gasteiger partial charge < -0.3 is 29.6 Å². The van der Waals surface area contributed by atoms with Gasteiger partial charge in [-0.25, -0.2) is 0 Å². The second kappa shape index (κ2) is 9.05. The summed E-state index contributed by atoms with van der Waals surface area (Å²) in [5.41, 5.74) is 8.71. The van der Waals surface area contributed by atoms with E-state index in [2.05, 4.69) is 0 Å². The van der Waals surface area contributed by atoms with Crippen LogP contribution >= 0.6 is 0 Å². The van der Waals surface area contributed by atoms with Crippen LogP contribution in [0.2, 0.25) is 0 Å². The minimum Gasteiger partial charge on any atom is -0.493 e. The Hall–Kier alpha value is -2.93. The number of nitrogens with two attached hydrogens (primary N) is 1. The molecule has 1 amide bonds. The number of hydrogen-bond acceptors (Lipinski definition) is 6. The van der Waals surface area contributed by atoms with Crippen LogP contribution in [0.3, 0.4) is 0 Å². The zero-order valence-electron chi connectivity index (χ0n) is 17.4. The van der Waals surface area contributed by atoms with E-state index < -0.39 is 0 Å². The van der Waals surface area contributed by atoms with Crippen molar-refractivity contribution in [2.75, 3.05) is 34.1 Å². The molecule has 2 N–H and O–H groups in total. The van der Waals surface area contributed by atoms with Crippen LogP contribution < -0.4 is 24.7 Å². The summed E-state index contributed by atoms with van der Waals surface area (Å²) in [5.74, 6) is 2.25. The third kappa shape index (κ3) is 4.10. The van der Waals surface area contributed by atoms with Crippen LogP contribution in [0, 0.1) is 0 Å². The fraction of sp³-hybridized carbons (Fsp3) is 0.409. The molecule has 1 heterocycles. The monoisotopic (exact) mass is 400 g/mol. The summed E-state index contributed by atoms with van der Waals surface area (Å²) in [6, 6.07) is 9.02. The van der Waals surface area contributed by atoms with Crippen molar-refractivity contribution in [3.63, 3.8) is 0 Å². The normalized spacial score (nSPS) is 13.1. The Morgan fingerprint density at radius 3 is 2.48 bits per heavy atom. The van der Waals surface area contributed by atoms with Crippen molar-refractivity contribution in [2.24, 2.45) is 5.73 Å². The lowest BCUT2D eigenvalue weighted by Gasteiger charge is -2.24. The quantitative estimate of drug-likeness (QED) is 0.733. The van der Waals surface area contributed by atoms with Gasteiger partial charge in [-0.3, -0.25) is 4.79 Å². The van der Waals surface area contributed by atoms with E-state index in [0.29, 0.717) is 48.1 Å². The van der Waals surface area contributed by atoms with E-state index in [4.69, 9.17) is 24.7 Å². The number of rotatable bonds is 8. The summed E-state index contributed by atoms with van der Waals surface area (Å²) in [6.45, 7) is 5.32. The van der Waals surface area contributed by atoms with Crippen LogP contribution in [0.1, 0.15) is 41.4 Å². The van der Waals surface area contributed by atoms with Crippen LogP contribution in [0.15, 0.2) is 30.3 Å². The molecule has 0 aliphatic carbocycles. The topological polar surface area (TPSA) is 83.3 Å². The molecular weight excluding hydrogens is 372 g/mol. The number of hydrogen-bond donors (Lipinski definition) is 1. The van der Waals surface area contributed by atoms with Crippen molar-refractivity contribution in [1.29, 1.82) is 0 Å². The molecule has 1 unspecified atom stereocenters. The van der Waals surface area contributed by atoms with Gasteiger partial charge in [0, 0.05) is 19.1 Å². The molecule has 2 aromatic carbocycles. The van der Waals surface area contributed by atoms with Gasteiger partial charge in [-0.2, -0.15) is 0 Å². The summed E-state index contributed by atoms with van der Waals surface area (Å²) >= 11 is 0. The predicted molar refractivity (Wildman–Crippen MR) is 110 cm³/mol. The molecule has 0 fully saturated rings. The molecule has 3 rings (SSSR count). The van der Waals surface area contributed by atoms with E-state index in [0.717, 1.165) is 11.1 Å². The minimum absolute atomic E-state index is 0.0985. The maximum atomic E-state index is 13.3. The Kier molecular flexibility index (Phi) is 6.49. The molecule has 0 saturated carbocycles. The SMILES string of the molecule is CCN(CC)C(=O)c1c(CC(N)c2ccc3c(c2)OCO3)ccc(OC)c1OC. The number of methoxy groups -OCH3 is 2. The largest absolute Gasteiger partial charge is 0.493 e. The maximum absolute atomic E-state index is 13.3. The van der Waals surface area contributed by atoms with Gasteiger partial charge in [-0.15, -0.1) is 0 Å². The highest BCUT2D eigenvalue weighted by Gasteiger charge is 2.26. The molecule has 0 saturated heterocycles. The average Bonchev–Trinajstić information content (AvgIpc) is 3.21. The molecule has 156 valence electrons. The zero-order chi connectivity index (χ0) is 21.0. The Morgan fingerprint density at radius 1 is 1.10 bits per heavy atom. The van der Waals surface area contributed by atoms with Crippen molar-refractivity contribution >= 4 is 5.91 Å². The molecule has 7 heteroatoms. The van der Waals surface area contributed by atoms with Crippen LogP contribution in [-0.2, 0) is 6.42 Å². The van der Waals surface area contributed by atoms with E-state index in [1.54, 1.807) is 25.2 Å². The Bertz CT molecular complexity index is 880. The number of carbonyl (C=O) groups excluding carboxylic acids is 1. The number of benzene rings is 2. The summed E-state index contributed by atoms with van der Waals surface area (Å²) < 4.78 is 21.8. The van der Waals surface area contributed by atoms with Gasteiger partial charge in [0.15, 0.2) is 23.0 Å². The molecular formula is C22H28N2O5. The lowest BCUT2D eigenvalue weighted by atomic mass is 9.94. The highest BCUT2D eigenvalue weighted by Crippen LogP contribution is 2.37. The lowest BCUT2D eigenvalue weighted by Crippen LogP contribution is -2.32. The smallest absolute Gasteiger partial charge is 0.258 e. The second-order valence-electron chi connectivity index (χ2n) is 6.74. The van der Waals surface area contributed by atoms with Crippen molar-refractivity contribution < 1.29 is 23.7 Å². The van der Waals surface area contributed by atoms with Crippen molar-refractivity contribution in [3.05, 3.63) is 47.0 Å². The highest BCUT2D eigenvalue weighted by molar-refractivity contribution is 5.99. The highest BCUT2D eigenvalue weighted by atomic mass is 16.7. The molecule has 29 heavy (non-hydrogen) atoms. The van der Waals surface area contributed by atoms with Crippen molar-refractivity contribution in [3.8, 4) is 23.0 Å². The van der Waals surface area contributed by atoms with E-state index >= 15 is 0 Å². The van der Waals surface area contributed by atoms with E-state index in [-0.39, 0.29) is 18.7 Å². The first-order valence-electron chi connectivity index (χ1n) is 9.72. The number of carbonyl (C=O) groups is 1. The number of ether oxygens (including phenoxy) is 4. The third-order valence-electron chi connectivity index (χ3n) is 5.16. The molecule has 1 aliphatic heterocycles. The molecule has 1 aliphatic rings. The van der Waals surface area contributed by atoms with Gasteiger partial charge in [0.25, 0.3) is 5.91 Å². The Balaban J connectivity index is 1.98. The fourth-order valence-corrected chi connectivity index (χ4v) is 3.54. The molecule has 1 atom stereocenters. The number of amides is 1. The van der Waals surface area contributed by atoms with Gasteiger partial charge in [-0.05, 0) is 49.6 Å². The summed E-state index contributed by atoms with van der Waals surface area (Å²) in [7, 11) is 3.10. The van der Waals surface area contributed by atoms with Crippen LogP contribution in [0.25, 0.3) is 0 Å². The first-order valence-corrected chi connectivity index (χ1v) is 9.72. The zero-order valence-corrected chi connectivity index (χ0v) is 17.4. The van der Waals surface area contributed by atoms with Gasteiger partial charge in [0.2, 0.25) is 6.79 Å². The van der Waals surface area contributed by atoms with Gasteiger partial charge >= 0.3 is 0 Å². The maximum Gasteiger partial charge on any atom is 0.258 e. The van der Waals surface area contributed by atoms with E-state index in [9.17, 15) is 4.79 Å². The average molecular weight is 400 g/mol. The van der Waals surface area contributed by atoms with Crippen LogP contribution in [0.4, 0.5) is 0 Å². The Morgan fingerprint density at radius 2 is 1.83 bits per heavy atom. The minimum atomic E-state index is -0.328. The fourth-order valence-electron chi connectivity index (χ4n) is 3.54. The molecule has 0 aromatic heterocycles. The summed E-state index contributed by atoms with van der Waals surface area (Å²) in [5, 5.41) is 0. The predicted octanol–water partition coefficient (Wildman–Crippen LogP) is 3.16. The van der Waals surface area contributed by atoms with Crippen LogP contribution in [0.5, 0.6) is 23.0 Å². The second-order valence-corrected chi connectivity index (χ2v) is 6.74. The molecule has 2 aromatic rings. The van der Waals surface area contributed by atoms with Crippen LogP contribution in [-0.4, -0.2) is 44.9 Å². The number of fused-ring (bicyclic) bond motifs is 1. The standard InChI is InChI=1S/C22H28N2O5/c1-5-24(6-2)22(25)20-15(8-10-18(26-3)21(20)27-4)11-16(23)14-7-9-17-19(12-14)29-13-28-17/h7-10,12,16H,5-6,11,13,23H2,1-4H3. The Labute approximate surface area is 171 Å².